The summed E-state index contributed by atoms with van der Waals surface area (Å²) in [6.45, 7) is 4.51. The molecule has 0 aliphatic carbocycles. The Bertz CT molecular complexity index is 73.7. The van der Waals surface area contributed by atoms with Crippen LogP contribution in [-0.4, -0.2) is 18.8 Å². The van der Waals surface area contributed by atoms with E-state index >= 15 is 0 Å². The van der Waals surface area contributed by atoms with Gasteiger partial charge in [0.25, 0.3) is 0 Å². The van der Waals surface area contributed by atoms with Crippen molar-refractivity contribution < 1.29 is 0 Å². The van der Waals surface area contributed by atoms with E-state index in [2.05, 4.69) is 31.8 Å². The van der Waals surface area contributed by atoms with Crippen molar-refractivity contribution in [2.24, 2.45) is 5.92 Å². The summed E-state index contributed by atoms with van der Waals surface area (Å²) >= 11 is 4.20. The third-order valence-corrected chi connectivity index (χ3v) is 1.90. The second kappa shape index (κ2) is 6.05. The molecule has 0 bridgehead atoms. The minimum Gasteiger partial charge on any atom is -0.317 e. The lowest BCUT2D eigenvalue weighted by Gasteiger charge is -2.16. The Morgan fingerprint density at radius 3 is 2.30 bits per heavy atom. The van der Waals surface area contributed by atoms with Gasteiger partial charge in [-0.3, -0.25) is 0 Å². The maximum atomic E-state index is 4.20. The molecule has 0 spiro atoms. The normalized spacial score (nSPS) is 14.1. The highest BCUT2D eigenvalue weighted by atomic mass is 32.1. The zero-order valence-electron chi connectivity index (χ0n) is 7.22. The van der Waals surface area contributed by atoms with E-state index < -0.39 is 0 Å². The molecule has 0 fully saturated rings. The van der Waals surface area contributed by atoms with Crippen molar-refractivity contribution in [3.05, 3.63) is 0 Å². The van der Waals surface area contributed by atoms with Gasteiger partial charge < -0.3 is 5.32 Å². The lowest BCUT2D eigenvalue weighted by molar-refractivity contribution is 0.436. The Morgan fingerprint density at radius 1 is 1.40 bits per heavy atom. The smallest absolute Gasteiger partial charge is 0.00742 e. The van der Waals surface area contributed by atoms with Gasteiger partial charge in [-0.1, -0.05) is 13.8 Å². The van der Waals surface area contributed by atoms with Gasteiger partial charge in [-0.25, -0.2) is 0 Å². The first-order valence-electron chi connectivity index (χ1n) is 3.98. The quantitative estimate of drug-likeness (QED) is 0.587. The van der Waals surface area contributed by atoms with E-state index in [9.17, 15) is 0 Å². The molecule has 0 amide bonds. The lowest BCUT2D eigenvalue weighted by Crippen LogP contribution is -2.27. The Balaban J connectivity index is 3.39. The summed E-state index contributed by atoms with van der Waals surface area (Å²) < 4.78 is 0. The Kier molecular flexibility index (Phi) is 6.24. The van der Waals surface area contributed by atoms with Crippen LogP contribution in [0.3, 0.4) is 0 Å². The molecule has 2 heteroatoms. The molecule has 0 rings (SSSR count). The van der Waals surface area contributed by atoms with Gasteiger partial charge in [0.15, 0.2) is 0 Å². The number of hydrogen-bond donors (Lipinski definition) is 2. The molecule has 0 aromatic carbocycles. The van der Waals surface area contributed by atoms with Crippen LogP contribution in [0.15, 0.2) is 0 Å². The summed E-state index contributed by atoms with van der Waals surface area (Å²) in [4.78, 5) is 0. The highest BCUT2D eigenvalue weighted by Gasteiger charge is 2.05. The first-order chi connectivity index (χ1) is 4.70. The fraction of sp³-hybridized carbons (Fsp3) is 1.00. The van der Waals surface area contributed by atoms with Crippen LogP contribution >= 0.6 is 12.6 Å². The number of nitrogens with one attached hydrogen (secondary N) is 1. The van der Waals surface area contributed by atoms with Gasteiger partial charge in [-0.05, 0) is 31.6 Å². The van der Waals surface area contributed by atoms with Crippen molar-refractivity contribution in [2.75, 3.05) is 12.8 Å². The van der Waals surface area contributed by atoms with Crippen LogP contribution in [0.5, 0.6) is 0 Å². The zero-order chi connectivity index (χ0) is 7.98. The van der Waals surface area contributed by atoms with Crippen molar-refractivity contribution in [1.29, 1.82) is 0 Å². The van der Waals surface area contributed by atoms with Crippen LogP contribution < -0.4 is 5.32 Å². The van der Waals surface area contributed by atoms with E-state index in [-0.39, 0.29) is 0 Å². The Labute approximate surface area is 70.0 Å². The number of thiol groups is 1. The number of rotatable bonds is 5. The Morgan fingerprint density at radius 2 is 2.00 bits per heavy atom. The molecule has 0 saturated heterocycles. The second-order valence-electron chi connectivity index (χ2n) is 3.13. The predicted molar refractivity (Wildman–Crippen MR) is 50.8 cm³/mol. The van der Waals surface area contributed by atoms with E-state index in [1.54, 1.807) is 0 Å². The predicted octanol–water partition coefficient (Wildman–Crippen LogP) is 1.94. The summed E-state index contributed by atoms with van der Waals surface area (Å²) in [6.07, 6.45) is 2.44. The van der Waals surface area contributed by atoms with Crippen LogP contribution in [-0.2, 0) is 0 Å². The van der Waals surface area contributed by atoms with Crippen molar-refractivity contribution in [3.63, 3.8) is 0 Å². The summed E-state index contributed by atoms with van der Waals surface area (Å²) in [6, 6.07) is 0.664. The van der Waals surface area contributed by atoms with Crippen LogP contribution in [0.4, 0.5) is 0 Å². The van der Waals surface area contributed by atoms with E-state index in [1.807, 2.05) is 7.05 Å². The molecule has 0 aliphatic heterocycles. The topological polar surface area (TPSA) is 12.0 Å². The van der Waals surface area contributed by atoms with Gasteiger partial charge in [0.05, 0.1) is 0 Å². The third kappa shape index (κ3) is 5.12. The van der Waals surface area contributed by atoms with E-state index in [4.69, 9.17) is 0 Å². The molecule has 0 saturated carbocycles. The highest BCUT2D eigenvalue weighted by molar-refractivity contribution is 7.80. The first-order valence-corrected chi connectivity index (χ1v) is 4.62. The maximum Gasteiger partial charge on any atom is 0.00742 e. The van der Waals surface area contributed by atoms with Crippen molar-refractivity contribution in [1.82, 2.24) is 5.32 Å². The standard InChI is InChI=1S/C8H19NS/c1-7(2)6-8(9-3)4-5-10/h7-10H,4-6H2,1-3H3. The molecule has 10 heavy (non-hydrogen) atoms. The van der Waals surface area contributed by atoms with Crippen LogP contribution in [0.1, 0.15) is 26.7 Å². The molecular weight excluding hydrogens is 142 g/mol. The maximum absolute atomic E-state index is 4.20. The van der Waals surface area contributed by atoms with Gasteiger partial charge in [0, 0.05) is 6.04 Å². The van der Waals surface area contributed by atoms with Gasteiger partial charge in [-0.2, -0.15) is 12.6 Å². The summed E-state index contributed by atoms with van der Waals surface area (Å²) in [5.74, 6) is 1.77. The molecule has 0 aliphatic rings. The molecule has 1 atom stereocenters. The fourth-order valence-electron chi connectivity index (χ4n) is 1.10. The summed E-state index contributed by atoms with van der Waals surface area (Å²) in [5, 5.41) is 3.29. The van der Waals surface area contributed by atoms with Gasteiger partial charge in [0.2, 0.25) is 0 Å². The summed E-state index contributed by atoms with van der Waals surface area (Å²) in [5.41, 5.74) is 0. The average Bonchev–Trinajstić information content (AvgIpc) is 1.86. The monoisotopic (exact) mass is 161 g/mol. The van der Waals surface area contributed by atoms with Crippen molar-refractivity contribution >= 4 is 12.6 Å². The molecule has 0 aromatic heterocycles. The van der Waals surface area contributed by atoms with Crippen LogP contribution in [0, 0.1) is 5.92 Å². The van der Waals surface area contributed by atoms with Gasteiger partial charge in [0.1, 0.15) is 0 Å². The van der Waals surface area contributed by atoms with E-state index in [1.165, 1.54) is 12.8 Å². The zero-order valence-corrected chi connectivity index (χ0v) is 8.12. The fourth-order valence-corrected chi connectivity index (χ4v) is 1.42. The van der Waals surface area contributed by atoms with Crippen LogP contribution in [0.2, 0.25) is 0 Å². The molecular formula is C8H19NS. The van der Waals surface area contributed by atoms with E-state index in [0.717, 1.165) is 11.7 Å². The lowest BCUT2D eigenvalue weighted by atomic mass is 10.0. The minimum atomic E-state index is 0.664. The average molecular weight is 161 g/mol. The molecule has 1 unspecified atom stereocenters. The molecule has 1 N–H and O–H groups in total. The number of hydrogen-bond acceptors (Lipinski definition) is 2. The molecule has 0 radical (unpaired) electrons. The third-order valence-electron chi connectivity index (χ3n) is 1.64. The Hall–Kier alpha value is 0.310. The minimum absolute atomic E-state index is 0.664. The summed E-state index contributed by atoms with van der Waals surface area (Å²) in [7, 11) is 2.02. The largest absolute Gasteiger partial charge is 0.317 e. The van der Waals surface area contributed by atoms with Crippen molar-refractivity contribution in [3.8, 4) is 0 Å². The first kappa shape index (κ1) is 10.3. The van der Waals surface area contributed by atoms with Gasteiger partial charge >= 0.3 is 0 Å². The second-order valence-corrected chi connectivity index (χ2v) is 3.57. The molecule has 62 valence electrons. The van der Waals surface area contributed by atoms with Gasteiger partial charge in [-0.15, -0.1) is 0 Å². The highest BCUT2D eigenvalue weighted by Crippen LogP contribution is 2.07. The van der Waals surface area contributed by atoms with E-state index in [0.29, 0.717) is 6.04 Å². The van der Waals surface area contributed by atoms with Crippen LogP contribution in [0.25, 0.3) is 0 Å². The molecule has 0 aromatic rings. The SMILES string of the molecule is CNC(CCS)CC(C)C. The van der Waals surface area contributed by atoms with Crippen molar-refractivity contribution in [2.45, 2.75) is 32.7 Å². The molecule has 0 heterocycles. The molecule has 1 nitrogen and oxygen atoms in total.